The van der Waals surface area contributed by atoms with Crippen LogP contribution in [-0.4, -0.2) is 18.1 Å². The number of hydrogen-bond acceptors (Lipinski definition) is 3. The molecule has 2 bridgehead atoms. The minimum absolute atomic E-state index is 0.0136. The van der Waals surface area contributed by atoms with E-state index in [9.17, 15) is 4.79 Å². The van der Waals surface area contributed by atoms with Crippen molar-refractivity contribution in [3.63, 3.8) is 0 Å². The van der Waals surface area contributed by atoms with Crippen molar-refractivity contribution >= 4 is 5.97 Å². The number of hydrogen-bond donors (Lipinski definition) is 1. The molecule has 2 unspecified atom stereocenters. The van der Waals surface area contributed by atoms with Crippen molar-refractivity contribution in [2.45, 2.75) is 24.9 Å². The van der Waals surface area contributed by atoms with E-state index in [1.54, 1.807) is 0 Å². The first-order valence-electron chi connectivity index (χ1n) is 4.35. The lowest BCUT2D eigenvalue weighted by atomic mass is 10.0. The molecule has 0 spiro atoms. The molecule has 1 saturated carbocycles. The summed E-state index contributed by atoms with van der Waals surface area (Å²) in [5.74, 6) is 0.345. The van der Waals surface area contributed by atoms with E-state index in [2.05, 4.69) is 6.08 Å². The highest BCUT2D eigenvalue weighted by Crippen LogP contribution is 2.44. The number of rotatable bonds is 2. The third-order valence-corrected chi connectivity index (χ3v) is 2.70. The van der Waals surface area contributed by atoms with E-state index in [0.29, 0.717) is 5.92 Å². The van der Waals surface area contributed by atoms with Crippen LogP contribution in [0.1, 0.15) is 19.3 Å². The normalized spacial score (nSPS) is 37.2. The predicted molar refractivity (Wildman–Crippen MR) is 44.4 cm³/mol. The van der Waals surface area contributed by atoms with Crippen molar-refractivity contribution in [3.8, 4) is 0 Å². The molecule has 0 heterocycles. The first-order valence-corrected chi connectivity index (χ1v) is 4.35. The third-order valence-electron chi connectivity index (χ3n) is 2.70. The molecule has 2 aliphatic carbocycles. The Hall–Kier alpha value is -0.830. The SMILES string of the molecule is NCC(=O)OC12C=CC(CC1)C2. The van der Waals surface area contributed by atoms with Gasteiger partial charge in [-0.25, -0.2) is 0 Å². The molecule has 0 saturated heterocycles. The zero-order valence-corrected chi connectivity index (χ0v) is 6.95. The Labute approximate surface area is 71.6 Å². The van der Waals surface area contributed by atoms with Gasteiger partial charge in [0.25, 0.3) is 0 Å². The molecule has 66 valence electrons. The Balaban J connectivity index is 2.03. The molecule has 12 heavy (non-hydrogen) atoms. The van der Waals surface area contributed by atoms with Crippen LogP contribution in [0.25, 0.3) is 0 Å². The molecule has 0 radical (unpaired) electrons. The highest BCUT2D eigenvalue weighted by atomic mass is 16.6. The predicted octanol–water partition coefficient (Wildman–Crippen LogP) is 0.597. The Kier molecular flexibility index (Phi) is 1.68. The second-order valence-electron chi connectivity index (χ2n) is 3.60. The first-order chi connectivity index (χ1) is 5.74. The van der Waals surface area contributed by atoms with Gasteiger partial charge in [-0.2, -0.15) is 0 Å². The Morgan fingerprint density at radius 2 is 2.58 bits per heavy atom. The molecule has 2 N–H and O–H groups in total. The second kappa shape index (κ2) is 2.59. The quantitative estimate of drug-likeness (QED) is 0.484. The minimum atomic E-state index is -0.290. The number of fused-ring (bicyclic) bond motifs is 2. The molecule has 2 atom stereocenters. The first kappa shape index (κ1) is 7.80. The van der Waals surface area contributed by atoms with Gasteiger partial charge in [0.05, 0.1) is 6.54 Å². The van der Waals surface area contributed by atoms with Gasteiger partial charge >= 0.3 is 5.97 Å². The summed E-state index contributed by atoms with van der Waals surface area (Å²) >= 11 is 0. The molecule has 0 aromatic rings. The van der Waals surface area contributed by atoms with E-state index in [4.69, 9.17) is 10.5 Å². The van der Waals surface area contributed by atoms with Crippen molar-refractivity contribution < 1.29 is 9.53 Å². The fourth-order valence-electron chi connectivity index (χ4n) is 2.10. The lowest BCUT2D eigenvalue weighted by Gasteiger charge is -2.23. The van der Waals surface area contributed by atoms with Gasteiger partial charge in [-0.1, -0.05) is 6.08 Å². The summed E-state index contributed by atoms with van der Waals surface area (Å²) in [6.07, 6.45) is 7.26. The maximum absolute atomic E-state index is 11.0. The van der Waals surface area contributed by atoms with Gasteiger partial charge in [0, 0.05) is 0 Å². The molecule has 1 fully saturated rings. The summed E-state index contributed by atoms with van der Waals surface area (Å²) < 4.78 is 5.29. The van der Waals surface area contributed by atoms with Crippen LogP contribution < -0.4 is 5.73 Å². The number of ether oxygens (including phenoxy) is 1. The molecule has 2 rings (SSSR count). The van der Waals surface area contributed by atoms with Crippen molar-refractivity contribution in [2.75, 3.05) is 6.54 Å². The smallest absolute Gasteiger partial charge is 0.320 e. The average molecular weight is 167 g/mol. The van der Waals surface area contributed by atoms with Crippen molar-refractivity contribution in [1.29, 1.82) is 0 Å². The van der Waals surface area contributed by atoms with E-state index >= 15 is 0 Å². The van der Waals surface area contributed by atoms with Gasteiger partial charge in [-0.15, -0.1) is 0 Å². The maximum atomic E-state index is 11.0. The lowest BCUT2D eigenvalue weighted by Crippen LogP contribution is -2.31. The average Bonchev–Trinajstić information content (AvgIpc) is 2.63. The van der Waals surface area contributed by atoms with Crippen LogP contribution in [0.15, 0.2) is 12.2 Å². The topological polar surface area (TPSA) is 52.3 Å². The monoisotopic (exact) mass is 167 g/mol. The van der Waals surface area contributed by atoms with Crippen molar-refractivity contribution in [1.82, 2.24) is 0 Å². The van der Waals surface area contributed by atoms with Crippen LogP contribution in [0, 0.1) is 5.92 Å². The summed E-state index contributed by atoms with van der Waals surface area (Å²) in [6, 6.07) is 0. The van der Waals surface area contributed by atoms with Crippen LogP contribution >= 0.6 is 0 Å². The molecule has 0 aromatic heterocycles. The highest BCUT2D eigenvalue weighted by Gasteiger charge is 2.43. The van der Waals surface area contributed by atoms with E-state index in [-0.39, 0.29) is 18.1 Å². The summed E-state index contributed by atoms with van der Waals surface area (Å²) in [6.45, 7) is -0.0136. The highest BCUT2D eigenvalue weighted by molar-refractivity contribution is 5.72. The van der Waals surface area contributed by atoms with Crippen LogP contribution in [-0.2, 0) is 9.53 Å². The van der Waals surface area contributed by atoms with E-state index < -0.39 is 0 Å². The van der Waals surface area contributed by atoms with Crippen LogP contribution in [0.5, 0.6) is 0 Å². The Bertz CT molecular complexity index is 237. The van der Waals surface area contributed by atoms with Crippen LogP contribution in [0.2, 0.25) is 0 Å². The lowest BCUT2D eigenvalue weighted by molar-refractivity contribution is -0.152. The van der Waals surface area contributed by atoms with Gasteiger partial charge < -0.3 is 10.5 Å². The molecule has 0 aliphatic heterocycles. The van der Waals surface area contributed by atoms with Gasteiger partial charge in [0.2, 0.25) is 0 Å². The van der Waals surface area contributed by atoms with Gasteiger partial charge in [-0.3, -0.25) is 4.79 Å². The number of esters is 1. The number of allylic oxidation sites excluding steroid dienone is 1. The summed E-state index contributed by atoms with van der Waals surface area (Å²) in [7, 11) is 0. The Morgan fingerprint density at radius 1 is 1.75 bits per heavy atom. The number of carbonyl (C=O) groups is 1. The molecular formula is C9H13NO2. The standard InChI is InChI=1S/C9H13NO2/c10-6-8(11)12-9-3-1-7(5-9)2-4-9/h1,3,7H,2,4-6,10H2. The number of nitrogens with two attached hydrogens (primary N) is 1. The molecular weight excluding hydrogens is 154 g/mol. The van der Waals surface area contributed by atoms with E-state index in [1.807, 2.05) is 6.08 Å². The minimum Gasteiger partial charge on any atom is -0.454 e. The molecule has 0 amide bonds. The van der Waals surface area contributed by atoms with Crippen molar-refractivity contribution in [2.24, 2.45) is 11.7 Å². The molecule has 3 heteroatoms. The Morgan fingerprint density at radius 3 is 3.00 bits per heavy atom. The van der Waals surface area contributed by atoms with Gasteiger partial charge in [-0.05, 0) is 31.3 Å². The largest absolute Gasteiger partial charge is 0.454 e. The molecule has 2 aliphatic rings. The van der Waals surface area contributed by atoms with E-state index in [0.717, 1.165) is 19.3 Å². The molecule has 3 nitrogen and oxygen atoms in total. The van der Waals surface area contributed by atoms with E-state index in [1.165, 1.54) is 0 Å². The number of carbonyl (C=O) groups excluding carboxylic acids is 1. The second-order valence-corrected chi connectivity index (χ2v) is 3.60. The van der Waals surface area contributed by atoms with Crippen LogP contribution in [0.3, 0.4) is 0 Å². The zero-order valence-electron chi connectivity index (χ0n) is 6.95. The fraction of sp³-hybridized carbons (Fsp3) is 0.667. The van der Waals surface area contributed by atoms with Crippen molar-refractivity contribution in [3.05, 3.63) is 12.2 Å². The summed E-state index contributed by atoms with van der Waals surface area (Å²) in [5, 5.41) is 0. The van der Waals surface area contributed by atoms with Gasteiger partial charge in [0.1, 0.15) is 5.60 Å². The summed E-state index contributed by atoms with van der Waals surface area (Å²) in [4.78, 5) is 11.0. The van der Waals surface area contributed by atoms with Gasteiger partial charge in [0.15, 0.2) is 0 Å². The third kappa shape index (κ3) is 1.14. The zero-order chi connectivity index (χ0) is 8.60. The van der Waals surface area contributed by atoms with Crippen LogP contribution in [0.4, 0.5) is 0 Å². The maximum Gasteiger partial charge on any atom is 0.320 e. The fourth-order valence-corrected chi connectivity index (χ4v) is 2.10. The molecule has 0 aromatic carbocycles. The summed E-state index contributed by atoms with van der Waals surface area (Å²) in [5.41, 5.74) is 4.90.